The van der Waals surface area contributed by atoms with Gasteiger partial charge in [-0.15, -0.1) is 0 Å². The number of fused-ring (bicyclic) bond motifs is 7. The number of halogens is 1. The van der Waals surface area contributed by atoms with Crippen LogP contribution in [0.1, 0.15) is 131 Å². The topological polar surface area (TPSA) is 116 Å². The lowest BCUT2D eigenvalue weighted by Gasteiger charge is -2.69. The van der Waals surface area contributed by atoms with E-state index < -0.39 is 28.9 Å². The van der Waals surface area contributed by atoms with E-state index in [-0.39, 0.29) is 40.5 Å². The molecule has 8 nitrogen and oxygen atoms in total. The summed E-state index contributed by atoms with van der Waals surface area (Å²) in [6, 6.07) is 6.03. The van der Waals surface area contributed by atoms with Crippen molar-refractivity contribution in [2.24, 2.45) is 56.7 Å². The zero-order valence-corrected chi connectivity index (χ0v) is 36.1. The molecule has 306 valence electrons. The molecule has 3 N–H and O–H groups in total. The van der Waals surface area contributed by atoms with Crippen molar-refractivity contribution in [2.75, 3.05) is 20.6 Å². The molecule has 0 radical (unpaired) electrons. The molecule has 6 rings (SSSR count). The van der Waals surface area contributed by atoms with E-state index >= 15 is 0 Å². The average Bonchev–Trinajstić information content (AvgIpc) is 3.40. The fourth-order valence-corrected chi connectivity index (χ4v) is 13.6. The van der Waals surface area contributed by atoms with Crippen LogP contribution in [0.3, 0.4) is 0 Å². The van der Waals surface area contributed by atoms with Gasteiger partial charge in [-0.1, -0.05) is 64.8 Å². The van der Waals surface area contributed by atoms with Crippen molar-refractivity contribution in [1.82, 2.24) is 10.2 Å². The van der Waals surface area contributed by atoms with E-state index in [1.807, 2.05) is 26.2 Å². The molecule has 5 aliphatic rings. The predicted molar refractivity (Wildman–Crippen MR) is 217 cm³/mol. The van der Waals surface area contributed by atoms with Crippen molar-refractivity contribution in [3.8, 4) is 0 Å². The van der Waals surface area contributed by atoms with Gasteiger partial charge in [0.15, 0.2) is 5.78 Å². The number of hydrogen-bond donors (Lipinski definition) is 3. The van der Waals surface area contributed by atoms with Gasteiger partial charge in [-0.25, -0.2) is 0 Å². The summed E-state index contributed by atoms with van der Waals surface area (Å²) in [5.74, 6) is 0.571. The van der Waals surface area contributed by atoms with Crippen LogP contribution < -0.4 is 5.32 Å². The van der Waals surface area contributed by atoms with E-state index in [9.17, 15) is 24.6 Å². The molecule has 0 aromatic heterocycles. The Hall–Kier alpha value is -2.26. The monoisotopic (exact) mass is 780 g/mol. The number of aliphatic hydroxyl groups excluding tert-OH is 1. The van der Waals surface area contributed by atoms with Crippen molar-refractivity contribution in [3.05, 3.63) is 45.5 Å². The number of ether oxygens (including phenoxy) is 1. The van der Waals surface area contributed by atoms with Crippen LogP contribution in [-0.4, -0.2) is 65.7 Å². The normalized spacial score (nSPS) is 34.9. The second-order valence-electron chi connectivity index (χ2n) is 20.7. The van der Waals surface area contributed by atoms with E-state index in [4.69, 9.17) is 16.3 Å². The van der Waals surface area contributed by atoms with Gasteiger partial charge >= 0.3 is 11.9 Å². The molecule has 1 aromatic rings. The fraction of sp³-hybridized carbons (Fsp3) is 0.761. The molecule has 9 heteroatoms. The molecular formula is C46H69ClN2O6. The number of benzene rings is 1. The number of carbonyl (C=O) groups is 3. The minimum absolute atomic E-state index is 0.0799. The molecule has 0 aliphatic heterocycles. The summed E-state index contributed by atoms with van der Waals surface area (Å²) >= 11 is 6.36. The van der Waals surface area contributed by atoms with Crippen molar-refractivity contribution >= 4 is 29.3 Å². The number of ketones is 1. The number of carbonyl (C=O) groups excluding carboxylic acids is 2. The quantitative estimate of drug-likeness (QED) is 0.180. The number of carboxylic acids is 1. The van der Waals surface area contributed by atoms with E-state index in [2.05, 4.69) is 57.8 Å². The molecule has 0 amide bonds. The van der Waals surface area contributed by atoms with Gasteiger partial charge in [-0.3, -0.25) is 14.4 Å². The minimum atomic E-state index is -1.16. The van der Waals surface area contributed by atoms with Crippen molar-refractivity contribution in [2.45, 2.75) is 145 Å². The van der Waals surface area contributed by atoms with Crippen molar-refractivity contribution in [3.63, 3.8) is 0 Å². The van der Waals surface area contributed by atoms with Gasteiger partial charge in [0, 0.05) is 41.9 Å². The Morgan fingerprint density at radius 2 is 1.67 bits per heavy atom. The van der Waals surface area contributed by atoms with E-state index in [0.717, 1.165) is 68.5 Å². The molecule has 9 atom stereocenters. The Labute approximate surface area is 335 Å². The zero-order valence-electron chi connectivity index (χ0n) is 35.3. The Morgan fingerprint density at radius 1 is 0.982 bits per heavy atom. The van der Waals surface area contributed by atoms with Crippen LogP contribution in [0.25, 0.3) is 0 Å². The second-order valence-corrected chi connectivity index (χ2v) is 21.2. The number of aliphatic hydroxyl groups is 1. The summed E-state index contributed by atoms with van der Waals surface area (Å²) in [6.07, 6.45) is 7.28. The lowest BCUT2D eigenvalue weighted by molar-refractivity contribution is -0.214. The summed E-state index contributed by atoms with van der Waals surface area (Å²) in [4.78, 5) is 41.0. The third kappa shape index (κ3) is 7.38. The number of nitrogens with one attached hydrogen (secondary N) is 1. The summed E-state index contributed by atoms with van der Waals surface area (Å²) in [6.45, 7) is 18.9. The molecule has 55 heavy (non-hydrogen) atoms. The highest BCUT2D eigenvalue weighted by molar-refractivity contribution is 6.30. The highest BCUT2D eigenvalue weighted by Crippen LogP contribution is 2.73. The average molecular weight is 782 g/mol. The fourth-order valence-electron chi connectivity index (χ4n) is 13.4. The molecule has 0 spiro atoms. The predicted octanol–water partition coefficient (Wildman–Crippen LogP) is 8.86. The van der Waals surface area contributed by atoms with Crippen LogP contribution in [0.15, 0.2) is 29.3 Å². The maximum atomic E-state index is 14.1. The summed E-state index contributed by atoms with van der Waals surface area (Å²) in [7, 11) is 4.10. The summed E-state index contributed by atoms with van der Waals surface area (Å²) in [5, 5.41) is 26.2. The highest BCUT2D eigenvalue weighted by atomic mass is 35.5. The molecule has 4 fully saturated rings. The molecular weight excluding hydrogens is 712 g/mol. The first-order valence-corrected chi connectivity index (χ1v) is 21.5. The largest absolute Gasteiger partial charge is 0.481 e. The van der Waals surface area contributed by atoms with Gasteiger partial charge in [0.05, 0.1) is 17.9 Å². The highest BCUT2D eigenvalue weighted by Gasteiger charge is 2.67. The van der Waals surface area contributed by atoms with Gasteiger partial charge in [0.25, 0.3) is 0 Å². The van der Waals surface area contributed by atoms with Crippen LogP contribution in [-0.2, 0) is 32.2 Å². The first-order valence-electron chi connectivity index (χ1n) is 21.1. The number of Topliss-reactive ketones (excluding diaryl/α,β-unsaturated/α-hetero) is 1. The van der Waals surface area contributed by atoms with Gasteiger partial charge < -0.3 is 25.2 Å². The zero-order chi connectivity index (χ0) is 40.5. The molecule has 4 saturated carbocycles. The Kier molecular flexibility index (Phi) is 11.7. The number of allylic oxidation sites excluding steroid dienone is 1. The number of aliphatic carboxylic acids is 1. The lowest BCUT2D eigenvalue weighted by Crippen LogP contribution is -2.63. The van der Waals surface area contributed by atoms with Crippen LogP contribution in [0.2, 0.25) is 5.02 Å². The van der Waals surface area contributed by atoms with Crippen LogP contribution in [0.5, 0.6) is 0 Å². The number of hydrogen-bond acceptors (Lipinski definition) is 7. The third-order valence-electron chi connectivity index (χ3n) is 16.0. The van der Waals surface area contributed by atoms with E-state index in [1.54, 1.807) is 13.8 Å². The molecule has 0 saturated heterocycles. The van der Waals surface area contributed by atoms with Crippen LogP contribution in [0.4, 0.5) is 0 Å². The van der Waals surface area contributed by atoms with Crippen molar-refractivity contribution < 1.29 is 29.3 Å². The Balaban J connectivity index is 1.22. The Bertz CT molecular complexity index is 1700. The third-order valence-corrected chi connectivity index (χ3v) is 16.2. The molecule has 9 unspecified atom stereocenters. The smallest absolute Gasteiger partial charge is 0.309 e. The molecule has 0 bridgehead atoms. The van der Waals surface area contributed by atoms with Gasteiger partial charge in [-0.2, -0.15) is 0 Å². The summed E-state index contributed by atoms with van der Waals surface area (Å²) in [5.41, 5.74) is 2.88. The number of esters is 1. The number of rotatable bonds is 12. The van der Waals surface area contributed by atoms with Gasteiger partial charge in [-0.05, 0) is 149 Å². The minimum Gasteiger partial charge on any atom is -0.481 e. The maximum Gasteiger partial charge on any atom is 0.309 e. The number of nitrogens with zero attached hydrogens (tertiary/aromatic N) is 1. The van der Waals surface area contributed by atoms with E-state index in [1.165, 1.54) is 16.7 Å². The first kappa shape index (κ1) is 42.3. The standard InChI is InChI=1S/C46H69ClN2O6/c1-27(2)39-33(50)22-46(36(51)25-48-24-28-11-12-30(47)21-29(28)26-49(9)10)20-15-32-31(40(39)46)13-14-35-44(32,7)18-16-34-43(5,6)37(17-19-45(34,35)8)55-38(52)23-42(3,4)41(53)54/h11-12,21,27,31-32,34-37,48,51H,13-20,22-26H2,1-10H3,(H,53,54). The second kappa shape index (κ2) is 15.2. The first-order chi connectivity index (χ1) is 25.6. The van der Waals surface area contributed by atoms with E-state index in [0.29, 0.717) is 43.2 Å². The summed E-state index contributed by atoms with van der Waals surface area (Å²) < 4.78 is 6.16. The van der Waals surface area contributed by atoms with Gasteiger partial charge in [0.1, 0.15) is 6.10 Å². The maximum absolute atomic E-state index is 14.1. The molecule has 1 aromatic carbocycles. The van der Waals surface area contributed by atoms with Crippen molar-refractivity contribution in [1.29, 1.82) is 0 Å². The molecule has 0 heterocycles. The van der Waals surface area contributed by atoms with Crippen LogP contribution in [0, 0.1) is 56.7 Å². The SMILES string of the molecule is CC(C)C1=C2C3CCC4C(C)(CCC5C(C)(C)C(OC(=O)CC(C)(C)C(=O)O)CCC54C)C3CCC2(C(O)CNCc2ccc(Cl)cc2CN(C)C)CC1=O. The van der Waals surface area contributed by atoms with Gasteiger partial charge in [0.2, 0.25) is 0 Å². The van der Waals surface area contributed by atoms with Crippen LogP contribution >= 0.6 is 11.6 Å². The molecule has 5 aliphatic carbocycles. The lowest BCUT2D eigenvalue weighted by atomic mass is 9.36. The number of carboxylic acid groups (broad SMARTS) is 1. The Morgan fingerprint density at radius 3 is 2.33 bits per heavy atom.